The Hall–Kier alpha value is -1.74. The third-order valence-corrected chi connectivity index (χ3v) is 4.44. The van der Waals surface area contributed by atoms with Crippen LogP contribution in [0.1, 0.15) is 20.3 Å². The van der Waals surface area contributed by atoms with Gasteiger partial charge >= 0.3 is 0 Å². The van der Waals surface area contributed by atoms with Crippen molar-refractivity contribution in [2.75, 3.05) is 5.32 Å². The normalized spacial score (nSPS) is 25.0. The molecule has 0 amide bonds. The average molecular weight is 257 g/mol. The average Bonchev–Trinajstić information content (AvgIpc) is 2.39. The van der Waals surface area contributed by atoms with Crippen LogP contribution in [0, 0.1) is 5.41 Å². The van der Waals surface area contributed by atoms with Crippen molar-refractivity contribution in [3.63, 3.8) is 0 Å². The first kappa shape index (κ1) is 12.3. The zero-order valence-corrected chi connectivity index (χ0v) is 11.2. The Labute approximate surface area is 112 Å². The summed E-state index contributed by atoms with van der Waals surface area (Å²) in [7, 11) is 0. The Bertz CT molecular complexity index is 621. The molecule has 2 atom stereocenters. The second kappa shape index (κ2) is 4.14. The van der Waals surface area contributed by atoms with Gasteiger partial charge in [0.15, 0.2) is 0 Å². The third kappa shape index (κ3) is 1.85. The molecule has 1 aliphatic carbocycles. The summed E-state index contributed by atoms with van der Waals surface area (Å²) in [5, 5.41) is 25.0. The maximum absolute atomic E-state index is 9.88. The minimum absolute atomic E-state index is 0.112. The highest BCUT2D eigenvalue weighted by atomic mass is 16.3. The number of benzene rings is 2. The highest BCUT2D eigenvalue weighted by Crippen LogP contribution is 2.43. The van der Waals surface area contributed by atoms with Crippen LogP contribution in [0.4, 0.5) is 5.69 Å². The van der Waals surface area contributed by atoms with Gasteiger partial charge < -0.3 is 15.5 Å². The van der Waals surface area contributed by atoms with E-state index in [-0.39, 0.29) is 17.6 Å². The number of phenols is 1. The number of rotatable bonds is 2. The fourth-order valence-corrected chi connectivity index (χ4v) is 2.75. The number of phenolic OH excluding ortho intramolecular Hbond substituents is 1. The quantitative estimate of drug-likeness (QED) is 0.774. The fourth-order valence-electron chi connectivity index (χ4n) is 2.75. The van der Waals surface area contributed by atoms with Crippen LogP contribution in [-0.2, 0) is 0 Å². The van der Waals surface area contributed by atoms with Crippen molar-refractivity contribution in [2.45, 2.75) is 32.4 Å². The lowest BCUT2D eigenvalue weighted by Gasteiger charge is -2.50. The van der Waals surface area contributed by atoms with E-state index in [0.717, 1.165) is 22.9 Å². The van der Waals surface area contributed by atoms with Gasteiger partial charge in [-0.2, -0.15) is 0 Å². The first-order chi connectivity index (χ1) is 9.00. The van der Waals surface area contributed by atoms with Gasteiger partial charge in [0.25, 0.3) is 0 Å². The van der Waals surface area contributed by atoms with E-state index in [1.54, 1.807) is 6.07 Å². The Morgan fingerprint density at radius 1 is 1.11 bits per heavy atom. The molecule has 0 radical (unpaired) electrons. The van der Waals surface area contributed by atoms with Gasteiger partial charge in [0.1, 0.15) is 5.75 Å². The van der Waals surface area contributed by atoms with Gasteiger partial charge in [0.2, 0.25) is 0 Å². The molecule has 100 valence electrons. The molecule has 3 nitrogen and oxygen atoms in total. The molecule has 3 N–H and O–H groups in total. The molecule has 19 heavy (non-hydrogen) atoms. The van der Waals surface area contributed by atoms with E-state index in [1.807, 2.05) is 30.3 Å². The number of hydrogen-bond acceptors (Lipinski definition) is 3. The molecular formula is C16H19NO2. The SMILES string of the molecule is CC1(C)C(O)CC1Nc1cccc2c(O)cccc12. The van der Waals surface area contributed by atoms with Crippen molar-refractivity contribution >= 4 is 16.5 Å². The predicted molar refractivity (Wildman–Crippen MR) is 77.4 cm³/mol. The van der Waals surface area contributed by atoms with Crippen LogP contribution in [0.15, 0.2) is 36.4 Å². The van der Waals surface area contributed by atoms with Gasteiger partial charge in [-0.25, -0.2) is 0 Å². The highest BCUT2D eigenvalue weighted by molar-refractivity contribution is 5.97. The van der Waals surface area contributed by atoms with Crippen molar-refractivity contribution in [2.24, 2.45) is 5.41 Å². The summed E-state index contributed by atoms with van der Waals surface area (Å²) in [5.41, 5.74) is 0.900. The van der Waals surface area contributed by atoms with Crippen molar-refractivity contribution in [3.8, 4) is 5.75 Å². The molecule has 3 rings (SSSR count). The van der Waals surface area contributed by atoms with Crippen molar-refractivity contribution in [1.29, 1.82) is 0 Å². The summed E-state index contributed by atoms with van der Waals surface area (Å²) in [4.78, 5) is 0. The molecule has 0 saturated heterocycles. The molecule has 0 aromatic heterocycles. The van der Waals surface area contributed by atoms with Crippen LogP contribution in [-0.4, -0.2) is 22.4 Å². The number of aromatic hydroxyl groups is 1. The molecule has 0 heterocycles. The van der Waals surface area contributed by atoms with Crippen LogP contribution in [0.25, 0.3) is 10.8 Å². The van der Waals surface area contributed by atoms with E-state index >= 15 is 0 Å². The number of fused-ring (bicyclic) bond motifs is 1. The van der Waals surface area contributed by atoms with Crippen LogP contribution >= 0.6 is 0 Å². The van der Waals surface area contributed by atoms with Gasteiger partial charge in [-0.15, -0.1) is 0 Å². The molecule has 0 spiro atoms. The summed E-state index contributed by atoms with van der Waals surface area (Å²) in [6, 6.07) is 11.7. The lowest BCUT2D eigenvalue weighted by Crippen LogP contribution is -2.56. The van der Waals surface area contributed by atoms with Crippen LogP contribution < -0.4 is 5.32 Å². The smallest absolute Gasteiger partial charge is 0.123 e. The summed E-state index contributed by atoms with van der Waals surface area (Å²) in [6.07, 6.45) is 0.524. The second-order valence-electron chi connectivity index (χ2n) is 5.95. The molecule has 2 aromatic rings. The van der Waals surface area contributed by atoms with Gasteiger partial charge in [0, 0.05) is 27.9 Å². The maximum Gasteiger partial charge on any atom is 0.123 e. The number of nitrogens with one attached hydrogen (secondary N) is 1. The van der Waals surface area contributed by atoms with Crippen molar-refractivity contribution < 1.29 is 10.2 Å². The molecule has 1 fully saturated rings. The number of hydrogen-bond donors (Lipinski definition) is 3. The van der Waals surface area contributed by atoms with Gasteiger partial charge in [-0.3, -0.25) is 0 Å². The van der Waals surface area contributed by atoms with Crippen LogP contribution in [0.3, 0.4) is 0 Å². The van der Waals surface area contributed by atoms with E-state index in [4.69, 9.17) is 0 Å². The fraction of sp³-hybridized carbons (Fsp3) is 0.375. The summed E-state index contributed by atoms with van der Waals surface area (Å²) in [5.74, 6) is 0.300. The lowest BCUT2D eigenvalue weighted by atomic mass is 9.64. The van der Waals surface area contributed by atoms with E-state index in [2.05, 4.69) is 19.2 Å². The van der Waals surface area contributed by atoms with E-state index in [1.165, 1.54) is 0 Å². The molecule has 1 aliphatic rings. The number of aliphatic hydroxyl groups is 1. The molecule has 2 aromatic carbocycles. The first-order valence-corrected chi connectivity index (χ1v) is 6.65. The molecular weight excluding hydrogens is 238 g/mol. The van der Waals surface area contributed by atoms with Gasteiger partial charge in [-0.05, 0) is 18.6 Å². The molecule has 0 bridgehead atoms. The molecule has 3 heteroatoms. The number of aliphatic hydroxyl groups excluding tert-OH is 1. The third-order valence-electron chi connectivity index (χ3n) is 4.44. The van der Waals surface area contributed by atoms with E-state index in [9.17, 15) is 10.2 Å². The molecule has 1 saturated carbocycles. The standard InChI is InChI=1S/C16H19NO2/c1-16(2)14(9-15(16)19)17-12-7-3-6-11-10(12)5-4-8-13(11)18/h3-8,14-15,17-19H,9H2,1-2H3. The Morgan fingerprint density at radius 3 is 2.47 bits per heavy atom. The summed E-state index contributed by atoms with van der Waals surface area (Å²) in [6.45, 7) is 4.14. The predicted octanol–water partition coefficient (Wildman–Crippen LogP) is 3.12. The minimum Gasteiger partial charge on any atom is -0.507 e. The summed E-state index contributed by atoms with van der Waals surface area (Å²) >= 11 is 0. The van der Waals surface area contributed by atoms with E-state index in [0.29, 0.717) is 5.75 Å². The maximum atomic E-state index is 9.88. The second-order valence-corrected chi connectivity index (χ2v) is 5.95. The Kier molecular flexibility index (Phi) is 2.68. The highest BCUT2D eigenvalue weighted by Gasteiger charge is 2.47. The molecule has 0 aliphatic heterocycles. The van der Waals surface area contributed by atoms with Crippen LogP contribution in [0.5, 0.6) is 5.75 Å². The van der Waals surface area contributed by atoms with Gasteiger partial charge in [0.05, 0.1) is 6.10 Å². The summed E-state index contributed by atoms with van der Waals surface area (Å²) < 4.78 is 0. The van der Waals surface area contributed by atoms with Crippen LogP contribution in [0.2, 0.25) is 0 Å². The first-order valence-electron chi connectivity index (χ1n) is 6.65. The Balaban J connectivity index is 1.96. The van der Waals surface area contributed by atoms with E-state index < -0.39 is 0 Å². The topological polar surface area (TPSA) is 52.5 Å². The van der Waals surface area contributed by atoms with Crippen molar-refractivity contribution in [1.82, 2.24) is 0 Å². The van der Waals surface area contributed by atoms with Gasteiger partial charge in [-0.1, -0.05) is 38.1 Å². The Morgan fingerprint density at radius 2 is 1.79 bits per heavy atom. The zero-order valence-electron chi connectivity index (χ0n) is 11.2. The zero-order chi connectivity index (χ0) is 13.6. The minimum atomic E-state index is -0.242. The van der Waals surface area contributed by atoms with Crippen molar-refractivity contribution in [3.05, 3.63) is 36.4 Å². The lowest BCUT2D eigenvalue weighted by molar-refractivity contribution is -0.0510. The number of anilines is 1. The largest absolute Gasteiger partial charge is 0.507 e. The molecule has 2 unspecified atom stereocenters. The monoisotopic (exact) mass is 257 g/mol.